The number of carbonyl (C=O) groups is 2. The minimum Gasteiger partial charge on any atom is -0.478 e. The molecule has 0 aliphatic rings. The Hall–Kier alpha value is -4.06. The van der Waals surface area contributed by atoms with E-state index < -0.39 is 5.97 Å². The van der Waals surface area contributed by atoms with Gasteiger partial charge in [-0.05, 0) is 55.3 Å². The fraction of sp³-hybridized carbons (Fsp3) is 0.154. The molecule has 4 rings (SSSR count). The Balaban J connectivity index is 1.68. The predicted octanol–water partition coefficient (Wildman–Crippen LogP) is 5.42. The summed E-state index contributed by atoms with van der Waals surface area (Å²) < 4.78 is 1.89. The molecule has 1 aromatic heterocycles. The van der Waals surface area contributed by atoms with E-state index in [1.807, 2.05) is 74.0 Å². The number of carboxylic acid groups (broad SMARTS) is 1. The van der Waals surface area contributed by atoms with E-state index >= 15 is 0 Å². The van der Waals surface area contributed by atoms with E-state index in [2.05, 4.69) is 10.6 Å². The van der Waals surface area contributed by atoms with Crippen molar-refractivity contribution in [2.24, 2.45) is 7.05 Å². The van der Waals surface area contributed by atoms with Crippen molar-refractivity contribution in [2.45, 2.75) is 19.9 Å². The van der Waals surface area contributed by atoms with Gasteiger partial charge in [0, 0.05) is 18.1 Å². The molecule has 3 N–H and O–H groups in total. The summed E-state index contributed by atoms with van der Waals surface area (Å²) in [4.78, 5) is 24.5. The van der Waals surface area contributed by atoms with Crippen LogP contribution in [0.3, 0.4) is 0 Å². The Labute approximate surface area is 186 Å². The molecule has 3 aromatic carbocycles. The van der Waals surface area contributed by atoms with Gasteiger partial charge in [-0.25, -0.2) is 4.79 Å². The summed E-state index contributed by atoms with van der Waals surface area (Å²) in [6.07, 6.45) is 0. The first-order chi connectivity index (χ1) is 15.3. The van der Waals surface area contributed by atoms with Crippen LogP contribution in [-0.2, 0) is 7.05 Å². The Bertz CT molecular complexity index is 1310. The molecule has 1 amide bonds. The molecule has 6 heteroatoms. The van der Waals surface area contributed by atoms with Gasteiger partial charge in [-0.1, -0.05) is 42.5 Å². The number of hydrogen-bond acceptors (Lipinski definition) is 3. The lowest BCUT2D eigenvalue weighted by molar-refractivity contribution is 0.0696. The van der Waals surface area contributed by atoms with Gasteiger partial charge in [0.1, 0.15) is 5.69 Å². The first kappa shape index (κ1) is 21.2. The third-order valence-electron chi connectivity index (χ3n) is 5.61. The number of carbonyl (C=O) groups excluding carboxylic acids is 1. The molecular weight excluding hydrogens is 402 g/mol. The van der Waals surface area contributed by atoms with Gasteiger partial charge >= 0.3 is 5.97 Å². The first-order valence-corrected chi connectivity index (χ1v) is 10.4. The SMILES string of the molecule is Cc1cccc(Nc2c(C(=O)N[C@@H](C)c3ccc(C(=O)O)cc3)n(C)c3ccccc23)c1. The highest BCUT2D eigenvalue weighted by Gasteiger charge is 2.23. The smallest absolute Gasteiger partial charge is 0.335 e. The van der Waals surface area contributed by atoms with Crippen LogP contribution in [0.1, 0.15) is 44.9 Å². The molecule has 0 radical (unpaired) electrons. The largest absolute Gasteiger partial charge is 0.478 e. The molecule has 0 fully saturated rings. The van der Waals surface area contributed by atoms with Crippen LogP contribution in [0.5, 0.6) is 0 Å². The van der Waals surface area contributed by atoms with Crippen LogP contribution >= 0.6 is 0 Å². The zero-order valence-electron chi connectivity index (χ0n) is 18.2. The fourth-order valence-corrected chi connectivity index (χ4v) is 3.92. The maximum Gasteiger partial charge on any atom is 0.335 e. The van der Waals surface area contributed by atoms with Crippen LogP contribution in [0, 0.1) is 6.92 Å². The molecule has 0 saturated carbocycles. The molecule has 1 atom stereocenters. The third-order valence-corrected chi connectivity index (χ3v) is 5.61. The van der Waals surface area contributed by atoms with Gasteiger partial charge in [0.2, 0.25) is 0 Å². The normalized spacial score (nSPS) is 11.8. The second kappa shape index (κ2) is 8.59. The van der Waals surface area contributed by atoms with Gasteiger partial charge in [-0.2, -0.15) is 0 Å². The van der Waals surface area contributed by atoms with Crippen LogP contribution < -0.4 is 10.6 Å². The van der Waals surface area contributed by atoms with Crippen LogP contribution in [0.4, 0.5) is 11.4 Å². The van der Waals surface area contributed by atoms with Crippen LogP contribution in [-0.4, -0.2) is 21.6 Å². The van der Waals surface area contributed by atoms with E-state index in [9.17, 15) is 9.59 Å². The van der Waals surface area contributed by atoms with E-state index in [1.54, 1.807) is 24.3 Å². The number of amides is 1. The van der Waals surface area contributed by atoms with E-state index in [4.69, 9.17) is 5.11 Å². The maximum absolute atomic E-state index is 13.4. The molecule has 0 saturated heterocycles. The molecular formula is C26H25N3O3. The van der Waals surface area contributed by atoms with Crippen molar-refractivity contribution in [3.63, 3.8) is 0 Å². The summed E-state index contributed by atoms with van der Waals surface area (Å²) in [6, 6.07) is 22.2. The molecule has 0 unspecified atom stereocenters. The molecule has 0 aliphatic carbocycles. The number of para-hydroxylation sites is 1. The highest BCUT2D eigenvalue weighted by Crippen LogP contribution is 2.33. The van der Waals surface area contributed by atoms with Gasteiger partial charge < -0.3 is 20.3 Å². The molecule has 6 nitrogen and oxygen atoms in total. The number of nitrogens with zero attached hydrogens (tertiary/aromatic N) is 1. The number of aromatic carboxylic acids is 1. The average molecular weight is 428 g/mol. The summed E-state index contributed by atoms with van der Waals surface area (Å²) in [7, 11) is 1.88. The molecule has 0 aliphatic heterocycles. The number of carboxylic acids is 1. The van der Waals surface area contributed by atoms with E-state index in [1.165, 1.54) is 0 Å². The summed E-state index contributed by atoms with van der Waals surface area (Å²) in [5.41, 5.74) is 5.31. The number of rotatable bonds is 6. The van der Waals surface area contributed by atoms with Crippen molar-refractivity contribution in [1.29, 1.82) is 0 Å². The molecule has 1 heterocycles. The monoisotopic (exact) mass is 427 g/mol. The number of anilines is 2. The predicted molar refractivity (Wildman–Crippen MR) is 127 cm³/mol. The quantitative estimate of drug-likeness (QED) is 0.384. The van der Waals surface area contributed by atoms with Crippen molar-refractivity contribution >= 4 is 34.2 Å². The molecule has 0 bridgehead atoms. The van der Waals surface area contributed by atoms with Crippen molar-refractivity contribution in [1.82, 2.24) is 9.88 Å². The highest BCUT2D eigenvalue weighted by atomic mass is 16.4. The van der Waals surface area contributed by atoms with Gasteiger partial charge in [0.05, 0.1) is 22.8 Å². The Morgan fingerprint density at radius 1 is 0.969 bits per heavy atom. The van der Waals surface area contributed by atoms with Gasteiger partial charge in [0.25, 0.3) is 5.91 Å². The minimum atomic E-state index is -0.976. The highest BCUT2D eigenvalue weighted by molar-refractivity contribution is 6.09. The van der Waals surface area contributed by atoms with Gasteiger partial charge in [-0.15, -0.1) is 0 Å². The number of aryl methyl sites for hydroxylation is 2. The van der Waals surface area contributed by atoms with Crippen molar-refractivity contribution in [2.75, 3.05) is 5.32 Å². The topological polar surface area (TPSA) is 83.4 Å². The number of hydrogen-bond donors (Lipinski definition) is 3. The number of aromatic nitrogens is 1. The number of fused-ring (bicyclic) bond motifs is 1. The summed E-state index contributed by atoms with van der Waals surface area (Å²) in [5, 5.41) is 16.6. The van der Waals surface area contributed by atoms with Gasteiger partial charge in [0.15, 0.2) is 0 Å². The lowest BCUT2D eigenvalue weighted by atomic mass is 10.1. The molecule has 32 heavy (non-hydrogen) atoms. The lowest BCUT2D eigenvalue weighted by Gasteiger charge is -2.17. The zero-order chi connectivity index (χ0) is 22.8. The average Bonchev–Trinajstić information content (AvgIpc) is 3.05. The fourth-order valence-electron chi connectivity index (χ4n) is 3.92. The van der Waals surface area contributed by atoms with Gasteiger partial charge in [-0.3, -0.25) is 4.79 Å². The second-order valence-corrected chi connectivity index (χ2v) is 7.92. The minimum absolute atomic E-state index is 0.214. The summed E-state index contributed by atoms with van der Waals surface area (Å²) >= 11 is 0. The van der Waals surface area contributed by atoms with Crippen molar-refractivity contribution < 1.29 is 14.7 Å². The molecule has 0 spiro atoms. The Morgan fingerprint density at radius 3 is 2.38 bits per heavy atom. The van der Waals surface area contributed by atoms with Crippen molar-refractivity contribution in [3.05, 3.63) is 95.2 Å². The van der Waals surface area contributed by atoms with E-state index in [-0.39, 0.29) is 17.5 Å². The standard InChI is InChI=1S/C26H25N3O3/c1-16-7-6-8-20(15-16)28-23-21-9-4-5-10-22(21)29(3)24(23)25(30)27-17(2)18-11-13-19(14-12-18)26(31)32/h4-15,17,28H,1-3H3,(H,27,30)(H,31,32)/t17-/m0/s1. The lowest BCUT2D eigenvalue weighted by Crippen LogP contribution is -2.29. The summed E-state index contributed by atoms with van der Waals surface area (Å²) in [5.74, 6) is -1.19. The van der Waals surface area contributed by atoms with Crippen LogP contribution in [0.25, 0.3) is 10.9 Å². The molecule has 4 aromatic rings. The van der Waals surface area contributed by atoms with Crippen LogP contribution in [0.15, 0.2) is 72.8 Å². The molecule has 162 valence electrons. The zero-order valence-corrected chi connectivity index (χ0v) is 18.2. The Morgan fingerprint density at radius 2 is 1.69 bits per heavy atom. The van der Waals surface area contributed by atoms with E-state index in [0.29, 0.717) is 5.69 Å². The maximum atomic E-state index is 13.4. The second-order valence-electron chi connectivity index (χ2n) is 7.92. The number of benzene rings is 3. The Kier molecular flexibility index (Phi) is 5.69. The first-order valence-electron chi connectivity index (χ1n) is 10.4. The van der Waals surface area contributed by atoms with Crippen LogP contribution in [0.2, 0.25) is 0 Å². The summed E-state index contributed by atoms with van der Waals surface area (Å²) in [6.45, 7) is 3.91. The third kappa shape index (κ3) is 4.07. The van der Waals surface area contributed by atoms with E-state index in [0.717, 1.165) is 33.4 Å². The van der Waals surface area contributed by atoms with Crippen molar-refractivity contribution in [3.8, 4) is 0 Å². The number of nitrogens with one attached hydrogen (secondary N) is 2.